The molecule has 8 heteroatoms. The molecular formula is C23H22N4O3S. The van der Waals surface area contributed by atoms with E-state index in [1.54, 1.807) is 0 Å². The number of aromatic nitrogens is 3. The molecule has 0 fully saturated rings. The number of nitrogens with one attached hydrogen (secondary N) is 1. The fourth-order valence-electron chi connectivity index (χ4n) is 3.19. The normalized spacial score (nSPS) is 10.9. The summed E-state index contributed by atoms with van der Waals surface area (Å²) in [5, 5.41) is 7.86. The van der Waals surface area contributed by atoms with Crippen LogP contribution in [0, 0.1) is 20.8 Å². The van der Waals surface area contributed by atoms with Gasteiger partial charge in [-0.25, -0.2) is 4.98 Å². The topological polar surface area (TPSA) is 85.6 Å². The highest BCUT2D eigenvalue weighted by Gasteiger charge is 2.12. The lowest BCUT2D eigenvalue weighted by Gasteiger charge is -2.10. The van der Waals surface area contributed by atoms with Crippen molar-refractivity contribution in [2.24, 2.45) is 0 Å². The van der Waals surface area contributed by atoms with Gasteiger partial charge in [-0.05, 0) is 38.5 Å². The third kappa shape index (κ3) is 4.80. The summed E-state index contributed by atoms with van der Waals surface area (Å²) >= 11 is 1.34. The molecule has 0 unspecified atom stereocenters. The van der Waals surface area contributed by atoms with Gasteiger partial charge in [0.25, 0.3) is 11.5 Å². The van der Waals surface area contributed by atoms with E-state index in [0.29, 0.717) is 16.4 Å². The minimum atomic E-state index is -0.285. The summed E-state index contributed by atoms with van der Waals surface area (Å²) in [4.78, 5) is 29.6. The Morgan fingerprint density at radius 3 is 2.68 bits per heavy atom. The Labute approximate surface area is 183 Å². The van der Waals surface area contributed by atoms with Gasteiger partial charge in [0.2, 0.25) is 4.96 Å². The summed E-state index contributed by atoms with van der Waals surface area (Å²) in [6, 6.07) is 15.1. The van der Waals surface area contributed by atoms with E-state index in [1.807, 2.05) is 63.2 Å². The molecular weight excluding hydrogens is 412 g/mol. The Kier molecular flexibility index (Phi) is 5.81. The lowest BCUT2D eigenvalue weighted by Crippen LogP contribution is -2.29. The summed E-state index contributed by atoms with van der Waals surface area (Å²) in [6.07, 6.45) is 0. The van der Waals surface area contributed by atoms with Crippen molar-refractivity contribution < 1.29 is 9.53 Å². The van der Waals surface area contributed by atoms with Gasteiger partial charge in [0.05, 0.1) is 12.2 Å². The van der Waals surface area contributed by atoms with E-state index < -0.39 is 0 Å². The average molecular weight is 435 g/mol. The first-order chi connectivity index (χ1) is 14.9. The van der Waals surface area contributed by atoms with E-state index in [-0.39, 0.29) is 24.6 Å². The highest BCUT2D eigenvalue weighted by molar-refractivity contribution is 7.19. The van der Waals surface area contributed by atoms with E-state index in [9.17, 15) is 9.59 Å². The first-order valence-electron chi connectivity index (χ1n) is 9.82. The van der Waals surface area contributed by atoms with Crippen LogP contribution in [-0.4, -0.2) is 27.1 Å². The van der Waals surface area contributed by atoms with Crippen LogP contribution in [0.15, 0.2) is 53.3 Å². The second-order valence-corrected chi connectivity index (χ2v) is 8.35. The third-order valence-corrected chi connectivity index (χ3v) is 5.68. The fourth-order valence-corrected chi connectivity index (χ4v) is 4.11. The molecule has 0 atom stereocenters. The fraction of sp³-hybridized carbons (Fsp3) is 0.217. The van der Waals surface area contributed by atoms with Crippen molar-refractivity contribution in [3.8, 4) is 16.3 Å². The predicted molar refractivity (Wildman–Crippen MR) is 121 cm³/mol. The first kappa shape index (κ1) is 20.7. The third-order valence-electron chi connectivity index (χ3n) is 4.72. The minimum Gasteiger partial charge on any atom is -0.484 e. The quantitative estimate of drug-likeness (QED) is 0.502. The van der Waals surface area contributed by atoms with Crippen molar-refractivity contribution in [2.75, 3.05) is 6.61 Å². The molecule has 0 aliphatic heterocycles. The van der Waals surface area contributed by atoms with E-state index in [1.165, 1.54) is 21.9 Å². The second-order valence-electron chi connectivity index (χ2n) is 7.39. The Hall–Kier alpha value is -3.52. The number of carbonyl (C=O) groups is 1. The van der Waals surface area contributed by atoms with Gasteiger partial charge in [0, 0.05) is 11.6 Å². The highest BCUT2D eigenvalue weighted by atomic mass is 32.1. The number of aryl methyl sites for hydroxylation is 3. The molecule has 2 aromatic heterocycles. The Morgan fingerprint density at radius 1 is 1.10 bits per heavy atom. The summed E-state index contributed by atoms with van der Waals surface area (Å²) < 4.78 is 6.88. The molecule has 0 bridgehead atoms. The monoisotopic (exact) mass is 434 g/mol. The maximum absolute atomic E-state index is 12.5. The zero-order valence-electron chi connectivity index (χ0n) is 17.5. The summed E-state index contributed by atoms with van der Waals surface area (Å²) in [5.74, 6) is 0.388. The predicted octanol–water partition coefficient (Wildman–Crippen LogP) is 3.44. The summed E-state index contributed by atoms with van der Waals surface area (Å²) in [7, 11) is 0. The van der Waals surface area contributed by atoms with Gasteiger partial charge in [0.15, 0.2) is 6.61 Å². The molecule has 31 heavy (non-hydrogen) atoms. The van der Waals surface area contributed by atoms with E-state index in [4.69, 9.17) is 4.74 Å². The largest absolute Gasteiger partial charge is 0.484 e. The molecule has 0 saturated carbocycles. The van der Waals surface area contributed by atoms with Crippen LogP contribution in [0.1, 0.15) is 22.4 Å². The first-order valence-corrected chi connectivity index (χ1v) is 10.6. The molecule has 0 spiro atoms. The van der Waals surface area contributed by atoms with Crippen LogP contribution in [0.25, 0.3) is 15.5 Å². The number of rotatable bonds is 6. The number of fused-ring (bicyclic) bond motifs is 1. The van der Waals surface area contributed by atoms with Gasteiger partial charge in [-0.1, -0.05) is 52.8 Å². The summed E-state index contributed by atoms with van der Waals surface area (Å²) in [5.41, 5.74) is 4.36. The van der Waals surface area contributed by atoms with Crippen molar-refractivity contribution in [1.82, 2.24) is 19.9 Å². The second kappa shape index (κ2) is 8.69. The van der Waals surface area contributed by atoms with Crippen LogP contribution in [0.3, 0.4) is 0 Å². The van der Waals surface area contributed by atoms with Crippen LogP contribution < -0.4 is 15.6 Å². The Bertz CT molecular complexity index is 1330. The van der Waals surface area contributed by atoms with Crippen molar-refractivity contribution in [2.45, 2.75) is 27.3 Å². The standard InChI is InChI=1S/C23H22N4O3S/c1-14-5-4-6-17(10-14)22-26-27-21(29)11-18(25-23(27)31-22)12-24-20(28)13-30-19-8-7-15(2)9-16(19)3/h4-11H,12-13H2,1-3H3,(H,24,28). The molecule has 4 rings (SSSR count). The van der Waals surface area contributed by atoms with E-state index >= 15 is 0 Å². The maximum Gasteiger partial charge on any atom is 0.275 e. The number of hydrogen-bond acceptors (Lipinski definition) is 6. The van der Waals surface area contributed by atoms with E-state index in [2.05, 4.69) is 15.4 Å². The number of ether oxygens (including phenoxy) is 1. The van der Waals surface area contributed by atoms with E-state index in [0.717, 1.165) is 27.3 Å². The van der Waals surface area contributed by atoms with Gasteiger partial charge in [0.1, 0.15) is 10.8 Å². The lowest BCUT2D eigenvalue weighted by molar-refractivity contribution is -0.123. The van der Waals surface area contributed by atoms with Crippen molar-refractivity contribution in [3.63, 3.8) is 0 Å². The number of amides is 1. The van der Waals surface area contributed by atoms with Gasteiger partial charge in [-0.2, -0.15) is 9.61 Å². The molecule has 1 amide bonds. The highest BCUT2D eigenvalue weighted by Crippen LogP contribution is 2.25. The smallest absolute Gasteiger partial charge is 0.275 e. The number of hydrogen-bond donors (Lipinski definition) is 1. The molecule has 2 aromatic carbocycles. The van der Waals surface area contributed by atoms with Gasteiger partial charge < -0.3 is 10.1 Å². The van der Waals surface area contributed by atoms with Crippen molar-refractivity contribution in [3.05, 3.63) is 81.3 Å². The van der Waals surface area contributed by atoms with Crippen LogP contribution in [0.4, 0.5) is 0 Å². The molecule has 0 saturated heterocycles. The molecule has 158 valence electrons. The maximum atomic E-state index is 12.5. The van der Waals surface area contributed by atoms with Crippen LogP contribution in [0.2, 0.25) is 0 Å². The average Bonchev–Trinajstić information content (AvgIpc) is 3.16. The van der Waals surface area contributed by atoms with Gasteiger partial charge in [-0.3, -0.25) is 9.59 Å². The summed E-state index contributed by atoms with van der Waals surface area (Å²) in [6.45, 7) is 5.98. The van der Waals surface area contributed by atoms with Crippen molar-refractivity contribution >= 4 is 22.2 Å². The molecule has 4 aromatic rings. The molecule has 0 aliphatic rings. The number of nitrogens with zero attached hydrogens (tertiary/aromatic N) is 3. The van der Waals surface area contributed by atoms with Crippen LogP contribution in [-0.2, 0) is 11.3 Å². The lowest BCUT2D eigenvalue weighted by atomic mass is 10.1. The van der Waals surface area contributed by atoms with Crippen LogP contribution >= 0.6 is 11.3 Å². The molecule has 7 nitrogen and oxygen atoms in total. The number of carbonyl (C=O) groups excluding carboxylic acids is 1. The molecule has 0 aliphatic carbocycles. The Morgan fingerprint density at radius 2 is 1.90 bits per heavy atom. The zero-order chi connectivity index (χ0) is 22.0. The SMILES string of the molecule is Cc1cccc(-c2nn3c(=O)cc(CNC(=O)COc4ccc(C)cc4C)nc3s2)c1. The molecule has 1 N–H and O–H groups in total. The minimum absolute atomic E-state index is 0.108. The Balaban J connectivity index is 1.43. The van der Waals surface area contributed by atoms with Gasteiger partial charge >= 0.3 is 0 Å². The molecule has 0 radical (unpaired) electrons. The number of benzene rings is 2. The molecule has 2 heterocycles. The van der Waals surface area contributed by atoms with Crippen molar-refractivity contribution in [1.29, 1.82) is 0 Å². The van der Waals surface area contributed by atoms with Gasteiger partial charge in [-0.15, -0.1) is 0 Å². The zero-order valence-corrected chi connectivity index (χ0v) is 18.3. The van der Waals surface area contributed by atoms with Crippen LogP contribution in [0.5, 0.6) is 5.75 Å².